The molecule has 0 N–H and O–H groups in total. The van der Waals surface area contributed by atoms with Crippen molar-refractivity contribution < 1.29 is 4.79 Å². The van der Waals surface area contributed by atoms with Gasteiger partial charge in [0.05, 0.1) is 0 Å². The Kier molecular flexibility index (Phi) is 3.23. The van der Waals surface area contributed by atoms with Gasteiger partial charge in [-0.15, -0.1) is 0 Å². The maximum atomic E-state index is 12.3. The van der Waals surface area contributed by atoms with Gasteiger partial charge in [-0.25, -0.2) is 0 Å². The summed E-state index contributed by atoms with van der Waals surface area (Å²) in [7, 11) is 0. The number of carbonyl (C=O) groups is 1. The molecule has 0 amide bonds. The lowest BCUT2D eigenvalue weighted by molar-refractivity contribution is -0.118. The van der Waals surface area contributed by atoms with Crippen LogP contribution in [0.15, 0.2) is 11.1 Å². The van der Waals surface area contributed by atoms with Crippen molar-refractivity contribution in [2.45, 2.75) is 65.7 Å². The van der Waals surface area contributed by atoms with E-state index in [0.717, 1.165) is 12.8 Å². The van der Waals surface area contributed by atoms with Crippen LogP contribution in [0.5, 0.6) is 0 Å². The summed E-state index contributed by atoms with van der Waals surface area (Å²) in [5.41, 5.74) is 2.80. The van der Waals surface area contributed by atoms with Crippen LogP contribution in [-0.2, 0) is 4.79 Å². The predicted octanol–water partition coefficient (Wildman–Crippen LogP) is 4.27. The minimum Gasteiger partial charge on any atom is -0.295 e. The highest BCUT2D eigenvalue weighted by Gasteiger charge is 2.34. The van der Waals surface area contributed by atoms with Gasteiger partial charge in [-0.2, -0.15) is 0 Å². The summed E-state index contributed by atoms with van der Waals surface area (Å²) in [6, 6.07) is 0. The van der Waals surface area contributed by atoms with E-state index in [4.69, 9.17) is 0 Å². The van der Waals surface area contributed by atoms with Crippen molar-refractivity contribution in [3.63, 3.8) is 0 Å². The first kappa shape index (κ1) is 11.9. The van der Waals surface area contributed by atoms with E-state index in [2.05, 4.69) is 20.8 Å². The van der Waals surface area contributed by atoms with Crippen molar-refractivity contribution in [1.82, 2.24) is 0 Å². The number of ketones is 1. The number of rotatable bonds is 1. The van der Waals surface area contributed by atoms with E-state index in [-0.39, 0.29) is 5.41 Å². The molecule has 2 aliphatic rings. The summed E-state index contributed by atoms with van der Waals surface area (Å²) >= 11 is 0. The second-order valence-electron chi connectivity index (χ2n) is 6.47. The van der Waals surface area contributed by atoms with Crippen molar-refractivity contribution >= 4 is 5.78 Å². The molecule has 1 fully saturated rings. The van der Waals surface area contributed by atoms with Crippen LogP contribution in [0.1, 0.15) is 65.7 Å². The summed E-state index contributed by atoms with van der Waals surface area (Å²) in [6.07, 6.45) is 8.37. The topological polar surface area (TPSA) is 17.1 Å². The molecule has 1 heteroatoms. The highest BCUT2D eigenvalue weighted by Crippen LogP contribution is 2.42. The van der Waals surface area contributed by atoms with Crippen LogP contribution in [0.2, 0.25) is 0 Å². The first-order valence-corrected chi connectivity index (χ1v) is 6.72. The van der Waals surface area contributed by atoms with Gasteiger partial charge in [0.2, 0.25) is 0 Å². The molecule has 0 unspecified atom stereocenters. The Bertz CT molecular complexity index is 316. The van der Waals surface area contributed by atoms with Gasteiger partial charge in [-0.1, -0.05) is 38.7 Å². The van der Waals surface area contributed by atoms with E-state index in [1.54, 1.807) is 0 Å². The standard InChI is InChI=1S/C15H24O/c1-11-9-15(2,3)10-13(16)14(11)12-7-5-4-6-8-12/h12H,4-10H2,1-3H3. The molecule has 0 atom stereocenters. The van der Waals surface area contributed by atoms with E-state index >= 15 is 0 Å². The molecule has 2 rings (SSSR count). The van der Waals surface area contributed by atoms with Crippen LogP contribution < -0.4 is 0 Å². The van der Waals surface area contributed by atoms with E-state index in [9.17, 15) is 4.79 Å². The van der Waals surface area contributed by atoms with Crippen molar-refractivity contribution in [1.29, 1.82) is 0 Å². The molecule has 0 aromatic heterocycles. The molecule has 0 spiro atoms. The number of hydrogen-bond acceptors (Lipinski definition) is 1. The van der Waals surface area contributed by atoms with Gasteiger partial charge in [0.25, 0.3) is 0 Å². The SMILES string of the molecule is CC1=C(C2CCCCC2)C(=O)CC(C)(C)C1. The molecule has 0 saturated heterocycles. The van der Waals surface area contributed by atoms with Crippen LogP contribution in [0.25, 0.3) is 0 Å². The predicted molar refractivity (Wildman–Crippen MR) is 67.3 cm³/mol. The first-order chi connectivity index (χ1) is 7.49. The van der Waals surface area contributed by atoms with Crippen LogP contribution >= 0.6 is 0 Å². The lowest BCUT2D eigenvalue weighted by atomic mass is 9.69. The van der Waals surface area contributed by atoms with E-state index < -0.39 is 0 Å². The molecule has 0 aliphatic heterocycles. The summed E-state index contributed by atoms with van der Waals surface area (Å²) in [5.74, 6) is 1.04. The fraction of sp³-hybridized carbons (Fsp3) is 0.800. The van der Waals surface area contributed by atoms with Gasteiger partial charge in [-0.3, -0.25) is 4.79 Å². The molecule has 0 aromatic carbocycles. The molecule has 90 valence electrons. The van der Waals surface area contributed by atoms with Crippen LogP contribution in [0, 0.1) is 11.3 Å². The van der Waals surface area contributed by atoms with Crippen LogP contribution in [0.4, 0.5) is 0 Å². The minimum absolute atomic E-state index is 0.194. The van der Waals surface area contributed by atoms with E-state index in [1.165, 1.54) is 43.3 Å². The summed E-state index contributed by atoms with van der Waals surface area (Å²) in [4.78, 5) is 12.3. The average molecular weight is 220 g/mol. The van der Waals surface area contributed by atoms with E-state index in [0.29, 0.717) is 11.7 Å². The van der Waals surface area contributed by atoms with Gasteiger partial charge in [-0.05, 0) is 43.1 Å². The monoisotopic (exact) mass is 220 g/mol. The third kappa shape index (κ3) is 2.39. The summed E-state index contributed by atoms with van der Waals surface area (Å²) in [5, 5.41) is 0. The van der Waals surface area contributed by atoms with E-state index in [1.807, 2.05) is 0 Å². The Hall–Kier alpha value is -0.590. The second-order valence-corrected chi connectivity index (χ2v) is 6.47. The highest BCUT2D eigenvalue weighted by atomic mass is 16.1. The number of Topliss-reactive ketones (excluding diaryl/α,β-unsaturated/α-hetero) is 1. The molecular formula is C15H24O. The van der Waals surface area contributed by atoms with Crippen LogP contribution in [0.3, 0.4) is 0 Å². The zero-order chi connectivity index (χ0) is 11.8. The maximum absolute atomic E-state index is 12.3. The van der Waals surface area contributed by atoms with Crippen molar-refractivity contribution in [3.05, 3.63) is 11.1 Å². The molecule has 2 aliphatic carbocycles. The normalized spacial score (nSPS) is 27.3. The van der Waals surface area contributed by atoms with Crippen molar-refractivity contribution in [2.75, 3.05) is 0 Å². The molecular weight excluding hydrogens is 196 g/mol. The fourth-order valence-corrected chi connectivity index (χ4v) is 3.61. The molecule has 1 saturated carbocycles. The van der Waals surface area contributed by atoms with Gasteiger partial charge < -0.3 is 0 Å². The Morgan fingerprint density at radius 2 is 1.69 bits per heavy atom. The summed E-state index contributed by atoms with van der Waals surface area (Å²) in [6.45, 7) is 6.61. The molecule has 0 radical (unpaired) electrons. The Morgan fingerprint density at radius 3 is 2.25 bits per heavy atom. The minimum atomic E-state index is 0.194. The smallest absolute Gasteiger partial charge is 0.159 e. The third-order valence-corrected chi connectivity index (χ3v) is 4.16. The first-order valence-electron chi connectivity index (χ1n) is 6.72. The molecule has 0 aromatic rings. The quantitative estimate of drug-likeness (QED) is 0.645. The van der Waals surface area contributed by atoms with Gasteiger partial charge in [0, 0.05) is 6.42 Å². The Morgan fingerprint density at radius 1 is 1.06 bits per heavy atom. The average Bonchev–Trinajstić information content (AvgIpc) is 2.16. The second kappa shape index (κ2) is 4.35. The van der Waals surface area contributed by atoms with Gasteiger partial charge in [0.15, 0.2) is 5.78 Å². The van der Waals surface area contributed by atoms with Crippen molar-refractivity contribution in [3.8, 4) is 0 Å². The number of allylic oxidation sites excluding steroid dienone is 2. The summed E-state index contributed by atoms with van der Waals surface area (Å²) < 4.78 is 0. The van der Waals surface area contributed by atoms with Gasteiger partial charge >= 0.3 is 0 Å². The van der Waals surface area contributed by atoms with Gasteiger partial charge in [0.1, 0.15) is 0 Å². The molecule has 16 heavy (non-hydrogen) atoms. The molecule has 0 bridgehead atoms. The zero-order valence-corrected chi connectivity index (χ0v) is 10.9. The molecule has 1 nitrogen and oxygen atoms in total. The lowest BCUT2D eigenvalue weighted by Gasteiger charge is -2.35. The number of carbonyl (C=O) groups excluding carboxylic acids is 1. The largest absolute Gasteiger partial charge is 0.295 e. The Balaban J connectivity index is 2.21. The zero-order valence-electron chi connectivity index (χ0n) is 10.9. The highest BCUT2D eigenvalue weighted by molar-refractivity contribution is 5.97. The molecule has 0 heterocycles. The Labute approximate surface area is 99.3 Å². The lowest BCUT2D eigenvalue weighted by Crippen LogP contribution is -2.29. The maximum Gasteiger partial charge on any atom is 0.159 e. The van der Waals surface area contributed by atoms with Crippen LogP contribution in [-0.4, -0.2) is 5.78 Å². The third-order valence-electron chi connectivity index (χ3n) is 4.16. The van der Waals surface area contributed by atoms with Crippen molar-refractivity contribution in [2.24, 2.45) is 11.3 Å². The number of hydrogen-bond donors (Lipinski definition) is 0. The fourth-order valence-electron chi connectivity index (χ4n) is 3.61.